The minimum Gasteiger partial charge on any atom is -0.395 e. The molecular formula is C43H48O4. The third kappa shape index (κ3) is 10.6. The van der Waals surface area contributed by atoms with Gasteiger partial charge in [0, 0.05) is 23.8 Å². The molecule has 0 amide bonds. The largest absolute Gasteiger partial charge is 0.395 e. The molecule has 5 aromatic carbocycles. The van der Waals surface area contributed by atoms with Gasteiger partial charge in [0.1, 0.15) is 0 Å². The van der Waals surface area contributed by atoms with Crippen molar-refractivity contribution in [2.45, 2.75) is 69.5 Å². The summed E-state index contributed by atoms with van der Waals surface area (Å²) in [4.78, 5) is 11.1. The number of fused-ring (bicyclic) bond motifs is 1. The van der Waals surface area contributed by atoms with Gasteiger partial charge in [-0.3, -0.25) is 4.79 Å². The molecule has 4 heteroatoms. The summed E-state index contributed by atoms with van der Waals surface area (Å²) in [6, 6.07) is 47.6. The summed E-state index contributed by atoms with van der Waals surface area (Å²) >= 11 is 0. The van der Waals surface area contributed by atoms with Crippen LogP contribution in [-0.2, 0) is 23.9 Å². The first-order valence-electron chi connectivity index (χ1n) is 16.5. The topological polar surface area (TPSA) is 77.8 Å². The van der Waals surface area contributed by atoms with E-state index in [0.29, 0.717) is 18.6 Å². The van der Waals surface area contributed by atoms with Gasteiger partial charge in [0.05, 0.1) is 18.3 Å². The minimum atomic E-state index is -0.485. The predicted octanol–water partition coefficient (Wildman–Crippen LogP) is 8.79. The van der Waals surface area contributed by atoms with Crippen molar-refractivity contribution in [1.29, 1.82) is 0 Å². The van der Waals surface area contributed by atoms with Crippen LogP contribution >= 0.6 is 0 Å². The van der Waals surface area contributed by atoms with Crippen molar-refractivity contribution < 1.29 is 20.1 Å². The first kappa shape index (κ1) is 35.5. The van der Waals surface area contributed by atoms with Crippen molar-refractivity contribution in [3.05, 3.63) is 179 Å². The van der Waals surface area contributed by atoms with Crippen molar-refractivity contribution in [3.63, 3.8) is 0 Å². The first-order chi connectivity index (χ1) is 22.7. The highest BCUT2D eigenvalue weighted by atomic mass is 16.3. The molecular weight excluding hydrogens is 580 g/mol. The molecule has 1 saturated carbocycles. The Morgan fingerprint density at radius 2 is 1.19 bits per heavy atom. The Kier molecular flexibility index (Phi) is 13.2. The zero-order valence-corrected chi connectivity index (χ0v) is 27.6. The second-order valence-electron chi connectivity index (χ2n) is 12.9. The average Bonchev–Trinajstić information content (AvgIpc) is 3.50. The normalized spacial score (nSPS) is 14.8. The van der Waals surface area contributed by atoms with Gasteiger partial charge < -0.3 is 15.3 Å². The van der Waals surface area contributed by atoms with Crippen molar-refractivity contribution >= 4 is 5.78 Å². The number of Topliss-reactive ketones (excluding diaryl/α,β-unsaturated/α-hetero) is 1. The summed E-state index contributed by atoms with van der Waals surface area (Å²) in [5.41, 5.74) is 5.95. The molecule has 1 fully saturated rings. The van der Waals surface area contributed by atoms with E-state index in [2.05, 4.69) is 0 Å². The van der Waals surface area contributed by atoms with E-state index >= 15 is 0 Å². The van der Waals surface area contributed by atoms with Crippen LogP contribution in [0.5, 0.6) is 0 Å². The average molecular weight is 629 g/mol. The highest BCUT2D eigenvalue weighted by Gasteiger charge is 2.35. The Balaban J connectivity index is 0.000000144. The highest BCUT2D eigenvalue weighted by Crippen LogP contribution is 2.40. The molecule has 4 nitrogen and oxygen atoms in total. The fourth-order valence-corrected chi connectivity index (χ4v) is 5.55. The lowest BCUT2D eigenvalue weighted by molar-refractivity contribution is -0.0387. The molecule has 3 N–H and O–H groups in total. The Morgan fingerprint density at radius 3 is 1.72 bits per heavy atom. The van der Waals surface area contributed by atoms with Gasteiger partial charge in [-0.1, -0.05) is 159 Å². The van der Waals surface area contributed by atoms with Gasteiger partial charge in [0.15, 0.2) is 5.78 Å². The lowest BCUT2D eigenvalue weighted by Gasteiger charge is -2.36. The fraction of sp³-hybridized carbons (Fsp3) is 0.279. The number of ketones is 1. The molecule has 244 valence electrons. The van der Waals surface area contributed by atoms with E-state index in [1.54, 1.807) is 0 Å². The van der Waals surface area contributed by atoms with E-state index in [-0.39, 0.29) is 12.0 Å². The standard InChI is InChI=1S/C14H14O.C10H12O.C10H14O.C9H8O/c15-14(13-9-5-2-6-10-13)11-12-7-3-1-4-8-12;11-10(7-4-8-10)9-5-2-1-3-6-9;1-10(2,8-11)9-6-4-3-5-7-9;10-9-6-5-7-3-1-2-4-8(7)9/h1-10,14-15H,11H2;1-3,5-6,11H,4,7-8H2;3-7,11H,8H2,1-2H3;1-4H,5-6H2. The van der Waals surface area contributed by atoms with Gasteiger partial charge >= 0.3 is 0 Å². The van der Waals surface area contributed by atoms with Gasteiger partial charge in [-0.25, -0.2) is 0 Å². The van der Waals surface area contributed by atoms with E-state index in [0.717, 1.165) is 47.9 Å². The van der Waals surface area contributed by atoms with Crippen LogP contribution in [0.1, 0.15) is 83.8 Å². The van der Waals surface area contributed by atoms with Crippen LogP contribution in [0.3, 0.4) is 0 Å². The van der Waals surface area contributed by atoms with Gasteiger partial charge in [-0.15, -0.1) is 0 Å². The van der Waals surface area contributed by atoms with Crippen molar-refractivity contribution in [2.75, 3.05) is 6.61 Å². The predicted molar refractivity (Wildman–Crippen MR) is 191 cm³/mol. The van der Waals surface area contributed by atoms with Crippen molar-refractivity contribution in [2.24, 2.45) is 0 Å². The molecule has 47 heavy (non-hydrogen) atoms. The Hall–Kier alpha value is -4.35. The lowest BCUT2D eigenvalue weighted by atomic mass is 9.75. The Labute approximate surface area is 280 Å². The molecule has 0 spiro atoms. The van der Waals surface area contributed by atoms with Crippen LogP contribution in [0, 0.1) is 0 Å². The molecule has 2 aliphatic rings. The minimum absolute atomic E-state index is 0.110. The molecule has 7 rings (SSSR count). The second kappa shape index (κ2) is 17.5. The molecule has 0 heterocycles. The van der Waals surface area contributed by atoms with Crippen LogP contribution in [0.15, 0.2) is 146 Å². The molecule has 1 atom stereocenters. The molecule has 1 unspecified atom stereocenters. The monoisotopic (exact) mass is 628 g/mol. The van der Waals surface area contributed by atoms with Crippen LogP contribution in [-0.4, -0.2) is 27.7 Å². The molecule has 0 aliphatic heterocycles. The molecule has 0 saturated heterocycles. The summed E-state index contributed by atoms with van der Waals surface area (Å²) in [6.07, 6.45) is 4.92. The summed E-state index contributed by atoms with van der Waals surface area (Å²) < 4.78 is 0. The smallest absolute Gasteiger partial charge is 0.163 e. The van der Waals surface area contributed by atoms with E-state index in [9.17, 15) is 15.0 Å². The summed E-state index contributed by atoms with van der Waals surface area (Å²) in [5, 5.41) is 28.9. The van der Waals surface area contributed by atoms with Gasteiger partial charge in [-0.05, 0) is 53.5 Å². The van der Waals surface area contributed by atoms with Gasteiger partial charge in [0.2, 0.25) is 0 Å². The molecule has 0 radical (unpaired) electrons. The number of hydrogen-bond acceptors (Lipinski definition) is 4. The Bertz CT molecular complexity index is 1570. The van der Waals surface area contributed by atoms with Crippen LogP contribution in [0.2, 0.25) is 0 Å². The number of benzene rings is 5. The number of hydrogen-bond donors (Lipinski definition) is 3. The molecule has 5 aromatic rings. The number of carbonyl (C=O) groups is 1. The van der Waals surface area contributed by atoms with Crippen molar-refractivity contribution in [1.82, 2.24) is 0 Å². The van der Waals surface area contributed by atoms with E-state index < -0.39 is 11.7 Å². The molecule has 0 aromatic heterocycles. The highest BCUT2D eigenvalue weighted by molar-refractivity contribution is 6.00. The fourth-order valence-electron chi connectivity index (χ4n) is 5.55. The zero-order valence-electron chi connectivity index (χ0n) is 27.6. The van der Waals surface area contributed by atoms with Crippen LogP contribution < -0.4 is 0 Å². The number of aliphatic hydroxyl groups is 3. The number of rotatable bonds is 6. The van der Waals surface area contributed by atoms with Crippen LogP contribution in [0.25, 0.3) is 0 Å². The van der Waals surface area contributed by atoms with Crippen molar-refractivity contribution in [3.8, 4) is 0 Å². The third-order valence-electron chi connectivity index (χ3n) is 8.84. The zero-order chi connectivity index (χ0) is 33.5. The third-order valence-corrected chi connectivity index (χ3v) is 8.84. The van der Waals surface area contributed by atoms with E-state index in [1.807, 2.05) is 159 Å². The van der Waals surface area contributed by atoms with Crippen LogP contribution in [0.4, 0.5) is 0 Å². The van der Waals surface area contributed by atoms with E-state index in [4.69, 9.17) is 5.11 Å². The maximum atomic E-state index is 11.1. The Morgan fingerprint density at radius 1 is 0.681 bits per heavy atom. The number of carbonyl (C=O) groups excluding carboxylic acids is 1. The van der Waals surface area contributed by atoms with E-state index in [1.165, 1.54) is 11.1 Å². The second-order valence-corrected chi connectivity index (χ2v) is 12.9. The maximum Gasteiger partial charge on any atom is 0.163 e. The maximum absolute atomic E-state index is 11.1. The number of aryl methyl sites for hydroxylation is 1. The summed E-state index contributed by atoms with van der Waals surface area (Å²) in [5.74, 6) is 0.301. The molecule has 0 bridgehead atoms. The molecule has 2 aliphatic carbocycles. The SMILES string of the molecule is CC(C)(CO)c1ccccc1.O=C1CCc2ccccc21.OC(Cc1ccccc1)c1ccccc1.OC1(c2ccccc2)CCC1. The van der Waals surface area contributed by atoms with Gasteiger partial charge in [-0.2, -0.15) is 0 Å². The summed E-state index contributed by atoms with van der Waals surface area (Å²) in [7, 11) is 0. The summed E-state index contributed by atoms with van der Waals surface area (Å²) in [6.45, 7) is 4.25. The number of aliphatic hydroxyl groups excluding tert-OH is 2. The first-order valence-corrected chi connectivity index (χ1v) is 16.5. The quantitative estimate of drug-likeness (QED) is 0.176. The van der Waals surface area contributed by atoms with Gasteiger partial charge in [0.25, 0.3) is 0 Å². The lowest BCUT2D eigenvalue weighted by Crippen LogP contribution is -2.33.